The molecule has 1 N–H and O–H groups in total. The second-order valence-electron chi connectivity index (χ2n) is 7.38. The van der Waals surface area contributed by atoms with Gasteiger partial charge in [-0.25, -0.2) is 0 Å². The summed E-state index contributed by atoms with van der Waals surface area (Å²) in [6.45, 7) is 12.4. The number of hydrogen-bond acceptors (Lipinski definition) is 2. The van der Waals surface area contributed by atoms with Crippen molar-refractivity contribution in [2.45, 2.75) is 78.5 Å². The Morgan fingerprint density at radius 1 is 1.28 bits per heavy atom. The molecule has 0 spiro atoms. The fourth-order valence-electron chi connectivity index (χ4n) is 3.16. The van der Waals surface area contributed by atoms with E-state index < -0.39 is 0 Å². The zero-order valence-corrected chi connectivity index (χ0v) is 12.8. The van der Waals surface area contributed by atoms with Crippen molar-refractivity contribution in [3.8, 4) is 0 Å². The van der Waals surface area contributed by atoms with E-state index in [4.69, 9.17) is 4.74 Å². The van der Waals surface area contributed by atoms with Gasteiger partial charge in [0.25, 0.3) is 0 Å². The number of ether oxygens (including phenoxy) is 1. The highest BCUT2D eigenvalue weighted by atomic mass is 16.5. The lowest BCUT2D eigenvalue weighted by atomic mass is 9.64. The Morgan fingerprint density at radius 2 is 2.00 bits per heavy atom. The maximum absolute atomic E-state index is 6.02. The van der Waals surface area contributed by atoms with Gasteiger partial charge in [-0.05, 0) is 31.1 Å². The summed E-state index contributed by atoms with van der Waals surface area (Å²) in [7, 11) is 0. The van der Waals surface area contributed by atoms with Crippen LogP contribution in [0, 0.1) is 17.3 Å². The third-order valence-electron chi connectivity index (χ3n) is 4.81. The molecule has 0 aromatic heterocycles. The molecular formula is C16H31NO. The molecule has 2 nitrogen and oxygen atoms in total. The topological polar surface area (TPSA) is 21.3 Å². The summed E-state index contributed by atoms with van der Waals surface area (Å²) in [6, 6.07) is 1.47. The van der Waals surface area contributed by atoms with Crippen LogP contribution in [0.4, 0.5) is 0 Å². The number of nitrogens with one attached hydrogen (secondary N) is 1. The molecule has 106 valence electrons. The molecule has 2 heteroatoms. The molecule has 0 heterocycles. The van der Waals surface area contributed by atoms with Crippen molar-refractivity contribution in [2.24, 2.45) is 17.3 Å². The van der Waals surface area contributed by atoms with Crippen LogP contribution in [0.1, 0.15) is 60.3 Å². The van der Waals surface area contributed by atoms with Gasteiger partial charge in [-0.15, -0.1) is 0 Å². The quantitative estimate of drug-likeness (QED) is 0.748. The maximum Gasteiger partial charge on any atom is 0.0656 e. The fraction of sp³-hybridized carbons (Fsp3) is 1.00. The van der Waals surface area contributed by atoms with Crippen LogP contribution in [0.3, 0.4) is 0 Å². The third-order valence-corrected chi connectivity index (χ3v) is 4.81. The molecule has 0 aromatic rings. The van der Waals surface area contributed by atoms with E-state index in [0.29, 0.717) is 23.5 Å². The Kier molecular flexibility index (Phi) is 4.38. The second kappa shape index (κ2) is 5.50. The molecule has 0 radical (unpaired) electrons. The molecular weight excluding hydrogens is 222 g/mol. The van der Waals surface area contributed by atoms with Crippen LogP contribution in [0.2, 0.25) is 0 Å². The van der Waals surface area contributed by atoms with Crippen molar-refractivity contribution >= 4 is 0 Å². The average Bonchev–Trinajstić information content (AvgIpc) is 3.01. The predicted octanol–water partition coefficient (Wildman–Crippen LogP) is 3.60. The van der Waals surface area contributed by atoms with E-state index in [9.17, 15) is 0 Å². The normalized spacial score (nSPS) is 37.7. The van der Waals surface area contributed by atoms with E-state index in [0.717, 1.165) is 18.6 Å². The van der Waals surface area contributed by atoms with Crippen molar-refractivity contribution in [1.82, 2.24) is 5.32 Å². The predicted molar refractivity (Wildman–Crippen MR) is 76.7 cm³/mol. The summed E-state index contributed by atoms with van der Waals surface area (Å²) in [5, 5.41) is 3.85. The summed E-state index contributed by atoms with van der Waals surface area (Å²) in [5.41, 5.74) is 0.314. The molecule has 2 rings (SSSR count). The molecule has 2 aliphatic rings. The molecule has 0 aliphatic heterocycles. The number of hydrogen-bond donors (Lipinski definition) is 1. The first-order chi connectivity index (χ1) is 8.45. The van der Waals surface area contributed by atoms with E-state index in [1.165, 1.54) is 25.7 Å². The van der Waals surface area contributed by atoms with Crippen LogP contribution >= 0.6 is 0 Å². The fourth-order valence-corrected chi connectivity index (χ4v) is 3.16. The van der Waals surface area contributed by atoms with Crippen LogP contribution in [-0.4, -0.2) is 24.8 Å². The zero-order chi connectivity index (χ0) is 13.3. The van der Waals surface area contributed by atoms with Crippen molar-refractivity contribution in [2.75, 3.05) is 6.61 Å². The smallest absolute Gasteiger partial charge is 0.0656 e. The molecule has 4 atom stereocenters. The molecule has 0 saturated heterocycles. The van der Waals surface area contributed by atoms with Gasteiger partial charge in [-0.1, -0.05) is 41.0 Å². The van der Waals surface area contributed by atoms with Crippen LogP contribution in [0.25, 0.3) is 0 Å². The average molecular weight is 253 g/mol. The molecule has 0 aromatic carbocycles. The summed E-state index contributed by atoms with van der Waals surface area (Å²) in [4.78, 5) is 0. The van der Waals surface area contributed by atoms with Crippen molar-refractivity contribution in [3.63, 3.8) is 0 Å². The Hall–Kier alpha value is -0.0800. The van der Waals surface area contributed by atoms with Crippen molar-refractivity contribution < 1.29 is 4.74 Å². The van der Waals surface area contributed by atoms with Gasteiger partial charge in [0.15, 0.2) is 0 Å². The summed E-state index contributed by atoms with van der Waals surface area (Å²) >= 11 is 0. The van der Waals surface area contributed by atoms with E-state index in [-0.39, 0.29) is 0 Å². The summed E-state index contributed by atoms with van der Waals surface area (Å²) in [6.07, 6.45) is 5.79. The SMILES string of the molecule is CCCC1CC1NC1CC(OCC(C)C)C1(C)C. The van der Waals surface area contributed by atoms with Gasteiger partial charge >= 0.3 is 0 Å². The van der Waals surface area contributed by atoms with Gasteiger partial charge in [0.1, 0.15) is 0 Å². The van der Waals surface area contributed by atoms with Crippen LogP contribution < -0.4 is 5.32 Å². The lowest BCUT2D eigenvalue weighted by Gasteiger charge is -2.52. The third kappa shape index (κ3) is 3.08. The Bertz CT molecular complexity index is 274. The van der Waals surface area contributed by atoms with Crippen LogP contribution in [-0.2, 0) is 4.74 Å². The zero-order valence-electron chi connectivity index (χ0n) is 12.8. The molecule has 2 aliphatic carbocycles. The molecule has 4 unspecified atom stereocenters. The lowest BCUT2D eigenvalue weighted by Crippen LogP contribution is -2.61. The first-order valence-corrected chi connectivity index (χ1v) is 7.82. The first-order valence-electron chi connectivity index (χ1n) is 7.82. The summed E-state index contributed by atoms with van der Waals surface area (Å²) < 4.78 is 6.02. The van der Waals surface area contributed by atoms with Gasteiger partial charge in [-0.3, -0.25) is 0 Å². The van der Waals surface area contributed by atoms with Gasteiger partial charge in [0, 0.05) is 24.1 Å². The van der Waals surface area contributed by atoms with Crippen LogP contribution in [0.15, 0.2) is 0 Å². The summed E-state index contributed by atoms with van der Waals surface area (Å²) in [5.74, 6) is 1.60. The highest BCUT2D eigenvalue weighted by molar-refractivity contribution is 5.07. The van der Waals surface area contributed by atoms with Crippen LogP contribution in [0.5, 0.6) is 0 Å². The first kappa shape index (κ1) is 14.3. The highest BCUT2D eigenvalue weighted by Gasteiger charge is 2.51. The van der Waals surface area contributed by atoms with E-state index in [2.05, 4.69) is 39.9 Å². The second-order valence-corrected chi connectivity index (χ2v) is 7.38. The minimum absolute atomic E-state index is 0.314. The largest absolute Gasteiger partial charge is 0.377 e. The molecule has 0 amide bonds. The lowest BCUT2D eigenvalue weighted by molar-refractivity contribution is -0.124. The van der Waals surface area contributed by atoms with E-state index >= 15 is 0 Å². The molecule has 18 heavy (non-hydrogen) atoms. The Labute approximate surface area is 113 Å². The maximum atomic E-state index is 6.02. The van der Waals surface area contributed by atoms with Gasteiger partial charge < -0.3 is 10.1 Å². The molecule has 0 bridgehead atoms. The minimum Gasteiger partial charge on any atom is -0.377 e. The number of rotatable bonds is 7. The molecule has 2 saturated carbocycles. The van der Waals surface area contributed by atoms with E-state index in [1.54, 1.807) is 0 Å². The van der Waals surface area contributed by atoms with E-state index in [1.807, 2.05) is 0 Å². The minimum atomic E-state index is 0.314. The van der Waals surface area contributed by atoms with Gasteiger partial charge in [0.2, 0.25) is 0 Å². The van der Waals surface area contributed by atoms with Gasteiger partial charge in [0.05, 0.1) is 6.10 Å². The Balaban J connectivity index is 1.70. The van der Waals surface area contributed by atoms with Crippen molar-refractivity contribution in [3.05, 3.63) is 0 Å². The highest BCUT2D eigenvalue weighted by Crippen LogP contribution is 2.45. The van der Waals surface area contributed by atoms with Crippen molar-refractivity contribution in [1.29, 1.82) is 0 Å². The monoisotopic (exact) mass is 253 g/mol. The van der Waals surface area contributed by atoms with Gasteiger partial charge in [-0.2, -0.15) is 0 Å². The Morgan fingerprint density at radius 3 is 2.56 bits per heavy atom. The molecule has 2 fully saturated rings. The standard InChI is InChI=1S/C16H31NO/c1-6-7-12-8-13(12)17-14-9-15(16(14,4)5)18-10-11(2)3/h11-15,17H,6-10H2,1-5H3.